The SMILES string of the molecule is CCC1(CC)C(=C[n+]2c(-c3ccccc3C)ccc3ccccc32)c2c(cc3c(c2C)C(C)(C)CC3(C)C)-c2ccc3ccccc3[n+]21. The average molecular weight is 629 g/mol. The number of allylic oxidation sites excluding steroid dienone is 1. The summed E-state index contributed by atoms with van der Waals surface area (Å²) >= 11 is 0. The van der Waals surface area contributed by atoms with Crippen molar-refractivity contribution < 1.29 is 9.13 Å². The minimum Gasteiger partial charge on any atom is -0.181 e. The number of aryl methyl sites for hydroxylation is 1. The molecule has 1 aliphatic heterocycles. The fourth-order valence-corrected chi connectivity index (χ4v) is 10.00. The van der Waals surface area contributed by atoms with E-state index in [1.807, 2.05) is 0 Å². The summed E-state index contributed by atoms with van der Waals surface area (Å²) in [6.07, 6.45) is 5.66. The van der Waals surface area contributed by atoms with Gasteiger partial charge in [0.1, 0.15) is 0 Å². The van der Waals surface area contributed by atoms with Gasteiger partial charge in [-0.15, -0.1) is 0 Å². The molecule has 2 aliphatic rings. The van der Waals surface area contributed by atoms with Gasteiger partial charge in [0.2, 0.25) is 22.4 Å². The highest BCUT2D eigenvalue weighted by Crippen LogP contribution is 2.56. The third-order valence-electron chi connectivity index (χ3n) is 11.9. The lowest BCUT2D eigenvalue weighted by atomic mass is 9.70. The number of hydrogen-bond acceptors (Lipinski definition) is 0. The molecule has 2 aromatic heterocycles. The van der Waals surface area contributed by atoms with E-state index in [4.69, 9.17) is 0 Å². The number of pyridine rings is 2. The molecule has 8 rings (SSSR count). The molecule has 2 nitrogen and oxygen atoms in total. The van der Waals surface area contributed by atoms with Crippen molar-refractivity contribution >= 4 is 33.6 Å². The highest BCUT2D eigenvalue weighted by Gasteiger charge is 2.53. The Hall–Kier alpha value is -4.56. The number of fused-ring (bicyclic) bond motifs is 7. The monoisotopic (exact) mass is 628 g/mol. The summed E-state index contributed by atoms with van der Waals surface area (Å²) in [4.78, 5) is 0. The minimum absolute atomic E-state index is 0.0971. The van der Waals surface area contributed by atoms with Crippen LogP contribution in [0.2, 0.25) is 0 Å². The van der Waals surface area contributed by atoms with Crippen LogP contribution in [0.25, 0.3) is 56.1 Å². The second kappa shape index (κ2) is 10.7. The summed E-state index contributed by atoms with van der Waals surface area (Å²) in [5.74, 6) is 0. The smallest absolute Gasteiger partial charge is 0.181 e. The maximum atomic E-state index is 2.72. The molecule has 1 aliphatic carbocycles. The Morgan fingerprint density at radius 1 is 0.646 bits per heavy atom. The Balaban J connectivity index is 1.59. The minimum atomic E-state index is -0.257. The van der Waals surface area contributed by atoms with E-state index in [0.717, 1.165) is 19.3 Å². The maximum Gasteiger partial charge on any atom is 0.218 e. The van der Waals surface area contributed by atoms with Crippen LogP contribution in [0, 0.1) is 13.8 Å². The average Bonchev–Trinajstić information content (AvgIpc) is 3.27. The Labute approximate surface area is 286 Å². The molecule has 2 heteroatoms. The zero-order valence-corrected chi connectivity index (χ0v) is 29.9. The Morgan fingerprint density at radius 2 is 1.25 bits per heavy atom. The van der Waals surface area contributed by atoms with Crippen LogP contribution in [0.5, 0.6) is 0 Å². The topological polar surface area (TPSA) is 7.76 Å². The molecule has 48 heavy (non-hydrogen) atoms. The molecule has 0 N–H and O–H groups in total. The van der Waals surface area contributed by atoms with Crippen molar-refractivity contribution in [1.82, 2.24) is 0 Å². The molecule has 0 bridgehead atoms. The van der Waals surface area contributed by atoms with Gasteiger partial charge in [-0.25, -0.2) is 0 Å². The Kier molecular flexibility index (Phi) is 6.87. The first kappa shape index (κ1) is 30.8. The first-order chi connectivity index (χ1) is 23.0. The van der Waals surface area contributed by atoms with Crippen LogP contribution >= 0.6 is 0 Å². The van der Waals surface area contributed by atoms with Crippen LogP contribution in [-0.4, -0.2) is 0 Å². The van der Waals surface area contributed by atoms with E-state index in [-0.39, 0.29) is 16.4 Å². The molecule has 0 saturated carbocycles. The van der Waals surface area contributed by atoms with Crippen molar-refractivity contribution in [2.45, 2.75) is 91.0 Å². The highest BCUT2D eigenvalue weighted by molar-refractivity contribution is 5.93. The van der Waals surface area contributed by atoms with Gasteiger partial charge in [-0.1, -0.05) is 84.0 Å². The predicted molar refractivity (Wildman–Crippen MR) is 202 cm³/mol. The molecule has 0 amide bonds. The van der Waals surface area contributed by atoms with Gasteiger partial charge in [0.15, 0.2) is 11.7 Å². The first-order valence-corrected chi connectivity index (χ1v) is 17.9. The summed E-state index contributed by atoms with van der Waals surface area (Å²) in [5, 5.41) is 2.53. The van der Waals surface area contributed by atoms with Gasteiger partial charge < -0.3 is 0 Å². The fourth-order valence-electron chi connectivity index (χ4n) is 10.00. The molecule has 0 spiro atoms. The second-order valence-corrected chi connectivity index (χ2v) is 15.6. The summed E-state index contributed by atoms with van der Waals surface area (Å²) in [5.41, 5.74) is 16.3. The van der Waals surface area contributed by atoms with E-state index >= 15 is 0 Å². The normalized spacial score (nSPS) is 17.8. The first-order valence-electron chi connectivity index (χ1n) is 17.9. The summed E-state index contributed by atoms with van der Waals surface area (Å²) in [6, 6.07) is 38.6. The number of rotatable bonds is 4. The van der Waals surface area contributed by atoms with Gasteiger partial charge in [-0.05, 0) is 89.8 Å². The highest BCUT2D eigenvalue weighted by atomic mass is 15.1. The van der Waals surface area contributed by atoms with Gasteiger partial charge in [0, 0.05) is 59.0 Å². The quantitative estimate of drug-likeness (QED) is 0.172. The van der Waals surface area contributed by atoms with Gasteiger partial charge >= 0.3 is 0 Å². The van der Waals surface area contributed by atoms with E-state index in [1.165, 1.54) is 72.1 Å². The van der Waals surface area contributed by atoms with E-state index in [1.54, 1.807) is 5.56 Å². The number of hydrogen-bond donors (Lipinski definition) is 0. The molecule has 240 valence electrons. The van der Waals surface area contributed by atoms with Crippen LogP contribution in [0.3, 0.4) is 0 Å². The number of aromatic nitrogens is 2. The molecule has 4 aromatic carbocycles. The zero-order chi connectivity index (χ0) is 33.6. The fraction of sp³-hybridized carbons (Fsp3) is 0.304. The van der Waals surface area contributed by atoms with Crippen LogP contribution in [0.1, 0.15) is 88.6 Å². The van der Waals surface area contributed by atoms with Crippen LogP contribution in [-0.2, 0) is 16.4 Å². The lowest BCUT2D eigenvalue weighted by molar-refractivity contribution is -0.718. The molecule has 0 fully saturated rings. The third kappa shape index (κ3) is 4.24. The van der Waals surface area contributed by atoms with E-state index in [2.05, 4.69) is 174 Å². The van der Waals surface area contributed by atoms with Crippen molar-refractivity contribution in [2.24, 2.45) is 0 Å². The number of para-hydroxylation sites is 2. The number of benzene rings is 4. The van der Waals surface area contributed by atoms with E-state index < -0.39 is 0 Å². The lowest BCUT2D eigenvalue weighted by Gasteiger charge is -2.37. The zero-order valence-electron chi connectivity index (χ0n) is 29.9. The summed E-state index contributed by atoms with van der Waals surface area (Å²) in [6.45, 7) is 19.3. The van der Waals surface area contributed by atoms with E-state index in [9.17, 15) is 0 Å². The molecule has 0 saturated heterocycles. The van der Waals surface area contributed by atoms with Crippen molar-refractivity contribution in [3.8, 4) is 22.5 Å². The van der Waals surface area contributed by atoms with Crippen molar-refractivity contribution in [3.05, 3.63) is 131 Å². The Bertz CT molecular complexity index is 2310. The number of nitrogens with zero attached hydrogens (tertiary/aromatic N) is 2. The summed E-state index contributed by atoms with van der Waals surface area (Å²) < 4.78 is 5.23. The van der Waals surface area contributed by atoms with Crippen molar-refractivity contribution in [3.63, 3.8) is 0 Å². The van der Waals surface area contributed by atoms with Crippen molar-refractivity contribution in [2.75, 3.05) is 0 Å². The molecule has 0 unspecified atom stereocenters. The maximum absolute atomic E-state index is 2.72. The van der Waals surface area contributed by atoms with Gasteiger partial charge in [0.25, 0.3) is 0 Å². The lowest BCUT2D eigenvalue weighted by Crippen LogP contribution is -2.60. The molecule has 3 heterocycles. The van der Waals surface area contributed by atoms with Gasteiger partial charge in [-0.2, -0.15) is 9.13 Å². The standard InChI is InChI=1S/C46H48N2/c1-9-46(10-2)37(28-47-38-21-15-12-18-32(38)23-25-40(47)34-20-14-11-17-30(34)3)42-31(4)43-36(44(5,6)29-45(43,7)8)27-35(42)41-26-24-33-19-13-16-22-39(33)48(41)46/h11-28H,9-10,29H2,1-8H3/q+2. The van der Waals surface area contributed by atoms with Crippen molar-refractivity contribution in [1.29, 1.82) is 0 Å². The van der Waals surface area contributed by atoms with Crippen LogP contribution in [0.15, 0.2) is 103 Å². The molecule has 6 aromatic rings. The van der Waals surface area contributed by atoms with Crippen LogP contribution < -0.4 is 9.13 Å². The van der Waals surface area contributed by atoms with E-state index in [0.29, 0.717) is 0 Å². The molecule has 0 atom stereocenters. The third-order valence-corrected chi connectivity index (χ3v) is 11.9. The van der Waals surface area contributed by atoms with Crippen LogP contribution in [0.4, 0.5) is 0 Å². The molecular weight excluding hydrogens is 581 g/mol. The second-order valence-electron chi connectivity index (χ2n) is 15.6. The molecule has 0 radical (unpaired) electrons. The predicted octanol–water partition coefficient (Wildman–Crippen LogP) is 11.0. The Morgan fingerprint density at radius 3 is 1.94 bits per heavy atom. The molecular formula is C46H48N2+2. The summed E-state index contributed by atoms with van der Waals surface area (Å²) in [7, 11) is 0. The van der Waals surface area contributed by atoms with Gasteiger partial charge in [-0.3, -0.25) is 0 Å². The van der Waals surface area contributed by atoms with Gasteiger partial charge in [0.05, 0.1) is 11.1 Å². The largest absolute Gasteiger partial charge is 0.218 e.